The molecule has 0 spiro atoms. The van der Waals surface area contributed by atoms with E-state index >= 15 is 0 Å². The highest BCUT2D eigenvalue weighted by Gasteiger charge is 2.21. The molecule has 22 heavy (non-hydrogen) atoms. The lowest BCUT2D eigenvalue weighted by molar-refractivity contribution is 0.0698. The first kappa shape index (κ1) is 16.6. The number of aryl methyl sites for hydroxylation is 1. The number of thiazole rings is 1. The number of carbonyl (C=O) groups is 1. The van der Waals surface area contributed by atoms with Gasteiger partial charge in [-0.2, -0.15) is 5.10 Å². The molecule has 0 N–H and O–H groups in total. The van der Waals surface area contributed by atoms with Crippen LogP contribution in [0.5, 0.6) is 0 Å². The van der Waals surface area contributed by atoms with Crippen molar-refractivity contribution in [3.8, 4) is 10.6 Å². The molecule has 2 heterocycles. The van der Waals surface area contributed by atoms with Crippen LogP contribution in [0.15, 0.2) is 18.6 Å². The van der Waals surface area contributed by atoms with Crippen molar-refractivity contribution in [2.24, 2.45) is 7.05 Å². The Morgan fingerprint density at radius 2 is 2.05 bits per heavy atom. The molecule has 0 fully saturated rings. The number of carbonyl (C=O) groups excluding carboxylic acids is 1. The van der Waals surface area contributed by atoms with Gasteiger partial charge in [0.2, 0.25) is 0 Å². The van der Waals surface area contributed by atoms with E-state index in [1.807, 2.05) is 46.1 Å². The number of aromatic nitrogens is 3. The summed E-state index contributed by atoms with van der Waals surface area (Å²) in [6.07, 6.45) is 5.33. The summed E-state index contributed by atoms with van der Waals surface area (Å²) in [6.45, 7) is 5.63. The van der Waals surface area contributed by atoms with Gasteiger partial charge in [-0.15, -0.1) is 11.3 Å². The van der Waals surface area contributed by atoms with Crippen LogP contribution in [0.1, 0.15) is 23.5 Å². The predicted molar refractivity (Wildman–Crippen MR) is 89.0 cm³/mol. The molecule has 2 rings (SSSR count). The Morgan fingerprint density at radius 3 is 2.59 bits per heavy atom. The minimum Gasteiger partial charge on any atom is -0.334 e. The SMILES string of the molecule is CC(C)N(CCN(C)C)C(=O)c1cnc(-c2cnn(C)c2)s1. The molecule has 0 aliphatic carbocycles. The summed E-state index contributed by atoms with van der Waals surface area (Å²) in [6, 6.07) is 0.163. The Bertz CT molecular complexity index is 631. The van der Waals surface area contributed by atoms with Crippen LogP contribution in [0.25, 0.3) is 10.6 Å². The molecular formula is C15H23N5OS. The smallest absolute Gasteiger partial charge is 0.265 e. The lowest BCUT2D eigenvalue weighted by atomic mass is 10.3. The zero-order valence-corrected chi connectivity index (χ0v) is 14.6. The average Bonchev–Trinajstić information content (AvgIpc) is 3.06. The van der Waals surface area contributed by atoms with Crippen molar-refractivity contribution in [1.82, 2.24) is 24.6 Å². The predicted octanol–water partition coefficient (Wildman–Crippen LogP) is 1.96. The Labute approximate surface area is 135 Å². The van der Waals surface area contributed by atoms with E-state index in [2.05, 4.69) is 15.0 Å². The van der Waals surface area contributed by atoms with Gasteiger partial charge in [0.15, 0.2) is 0 Å². The molecule has 0 unspecified atom stereocenters. The second-order valence-corrected chi connectivity index (χ2v) is 6.86. The summed E-state index contributed by atoms with van der Waals surface area (Å²) in [5.74, 6) is 0.0458. The normalized spacial score (nSPS) is 11.4. The monoisotopic (exact) mass is 321 g/mol. The van der Waals surface area contributed by atoms with E-state index in [9.17, 15) is 4.79 Å². The van der Waals surface area contributed by atoms with Crippen molar-refractivity contribution in [1.29, 1.82) is 0 Å². The van der Waals surface area contributed by atoms with E-state index in [4.69, 9.17) is 0 Å². The second kappa shape index (κ2) is 7.02. The van der Waals surface area contributed by atoms with Gasteiger partial charge < -0.3 is 9.80 Å². The van der Waals surface area contributed by atoms with Crippen molar-refractivity contribution in [3.05, 3.63) is 23.5 Å². The number of nitrogens with zero attached hydrogens (tertiary/aromatic N) is 5. The molecule has 0 aliphatic rings. The maximum Gasteiger partial charge on any atom is 0.265 e. The molecule has 120 valence electrons. The Morgan fingerprint density at radius 1 is 1.32 bits per heavy atom. The highest BCUT2D eigenvalue weighted by Crippen LogP contribution is 2.25. The third-order valence-electron chi connectivity index (χ3n) is 3.34. The van der Waals surface area contributed by atoms with Crippen molar-refractivity contribution in [2.45, 2.75) is 19.9 Å². The van der Waals surface area contributed by atoms with Gasteiger partial charge in [0.1, 0.15) is 9.88 Å². The van der Waals surface area contributed by atoms with Gasteiger partial charge in [0.05, 0.1) is 12.4 Å². The minimum absolute atomic E-state index is 0.0458. The summed E-state index contributed by atoms with van der Waals surface area (Å²) >= 11 is 1.42. The largest absolute Gasteiger partial charge is 0.334 e. The van der Waals surface area contributed by atoms with Gasteiger partial charge in [-0.25, -0.2) is 4.98 Å². The van der Waals surface area contributed by atoms with Crippen molar-refractivity contribution in [2.75, 3.05) is 27.2 Å². The summed E-state index contributed by atoms with van der Waals surface area (Å²) in [4.78, 5) is 21.7. The minimum atomic E-state index is 0.0458. The van der Waals surface area contributed by atoms with E-state index in [1.54, 1.807) is 17.1 Å². The zero-order valence-electron chi connectivity index (χ0n) is 13.8. The van der Waals surface area contributed by atoms with Crippen molar-refractivity contribution >= 4 is 17.2 Å². The van der Waals surface area contributed by atoms with Crippen molar-refractivity contribution in [3.63, 3.8) is 0 Å². The molecule has 2 aromatic heterocycles. The molecule has 7 heteroatoms. The fourth-order valence-corrected chi connectivity index (χ4v) is 2.93. The van der Waals surface area contributed by atoms with Crippen LogP contribution < -0.4 is 0 Å². The highest BCUT2D eigenvalue weighted by molar-refractivity contribution is 7.16. The van der Waals surface area contributed by atoms with Gasteiger partial charge in [-0.1, -0.05) is 0 Å². The molecular weight excluding hydrogens is 298 g/mol. The lowest BCUT2D eigenvalue weighted by Crippen LogP contribution is -2.40. The average molecular weight is 321 g/mol. The molecule has 0 saturated carbocycles. The fourth-order valence-electron chi connectivity index (χ4n) is 2.08. The van der Waals surface area contributed by atoms with E-state index < -0.39 is 0 Å². The van der Waals surface area contributed by atoms with Gasteiger partial charge in [-0.3, -0.25) is 9.48 Å². The van der Waals surface area contributed by atoms with E-state index in [-0.39, 0.29) is 11.9 Å². The molecule has 0 saturated heterocycles. The summed E-state index contributed by atoms with van der Waals surface area (Å²) in [5, 5.41) is 4.97. The lowest BCUT2D eigenvalue weighted by Gasteiger charge is -2.27. The highest BCUT2D eigenvalue weighted by atomic mass is 32.1. The van der Waals surface area contributed by atoms with E-state index in [1.165, 1.54) is 11.3 Å². The van der Waals surface area contributed by atoms with Gasteiger partial charge in [0.25, 0.3) is 5.91 Å². The van der Waals surface area contributed by atoms with Crippen LogP contribution >= 0.6 is 11.3 Å². The van der Waals surface area contributed by atoms with Gasteiger partial charge >= 0.3 is 0 Å². The first-order chi connectivity index (χ1) is 10.4. The van der Waals surface area contributed by atoms with Gasteiger partial charge in [0, 0.05) is 37.9 Å². The summed E-state index contributed by atoms with van der Waals surface area (Å²) in [7, 11) is 5.89. The number of rotatable bonds is 6. The summed E-state index contributed by atoms with van der Waals surface area (Å²) < 4.78 is 1.73. The molecule has 6 nitrogen and oxygen atoms in total. The Kier molecular flexibility index (Phi) is 5.31. The first-order valence-corrected chi connectivity index (χ1v) is 8.10. The number of hydrogen-bond donors (Lipinski definition) is 0. The first-order valence-electron chi connectivity index (χ1n) is 7.29. The van der Waals surface area contributed by atoms with Crippen LogP contribution in [-0.4, -0.2) is 63.7 Å². The Balaban J connectivity index is 2.15. The quantitative estimate of drug-likeness (QED) is 0.816. The Hall–Kier alpha value is -1.73. The van der Waals surface area contributed by atoms with Crippen LogP contribution in [-0.2, 0) is 7.05 Å². The topological polar surface area (TPSA) is 54.3 Å². The van der Waals surface area contributed by atoms with Crippen LogP contribution in [0.4, 0.5) is 0 Å². The molecule has 0 aliphatic heterocycles. The molecule has 0 radical (unpaired) electrons. The van der Waals surface area contributed by atoms with Crippen LogP contribution in [0.3, 0.4) is 0 Å². The van der Waals surface area contributed by atoms with Crippen LogP contribution in [0.2, 0.25) is 0 Å². The molecule has 1 amide bonds. The number of amides is 1. The number of hydrogen-bond acceptors (Lipinski definition) is 5. The van der Waals surface area contributed by atoms with Crippen molar-refractivity contribution < 1.29 is 4.79 Å². The van der Waals surface area contributed by atoms with Crippen LogP contribution in [0, 0.1) is 0 Å². The van der Waals surface area contributed by atoms with E-state index in [0.717, 1.165) is 17.1 Å². The zero-order chi connectivity index (χ0) is 16.3. The maximum atomic E-state index is 12.7. The number of likely N-dealkylation sites (N-methyl/N-ethyl adjacent to an activating group) is 1. The third kappa shape index (κ3) is 3.92. The second-order valence-electron chi connectivity index (χ2n) is 5.83. The van der Waals surface area contributed by atoms with E-state index in [0.29, 0.717) is 11.4 Å². The van der Waals surface area contributed by atoms with Gasteiger partial charge in [-0.05, 0) is 27.9 Å². The molecule has 0 atom stereocenters. The molecule has 2 aromatic rings. The maximum absolute atomic E-state index is 12.7. The molecule has 0 bridgehead atoms. The molecule has 0 aromatic carbocycles. The third-order valence-corrected chi connectivity index (χ3v) is 4.38. The fraction of sp³-hybridized carbons (Fsp3) is 0.533. The summed E-state index contributed by atoms with van der Waals surface area (Å²) in [5.41, 5.74) is 0.941. The standard InChI is InChI=1S/C15H23N5OS/c1-11(2)20(7-6-18(3)4)15(21)13-9-16-14(22-13)12-8-17-19(5)10-12/h8-11H,6-7H2,1-5H3.